The molecule has 1 atom stereocenters. The summed E-state index contributed by atoms with van der Waals surface area (Å²) in [5.41, 5.74) is 1.87. The van der Waals surface area contributed by atoms with Crippen LogP contribution in [0.3, 0.4) is 0 Å². The fourth-order valence-electron chi connectivity index (χ4n) is 2.82. The van der Waals surface area contributed by atoms with Crippen molar-refractivity contribution in [2.24, 2.45) is 0 Å². The standard InChI is InChI=1S/C15H13FN4/c16-11-1-2-12-13(9-11)19-20-14(5-8-18-15(12)20)10-3-6-17-7-4-10/h1-4,6-7,9,14,18H,5,8H2. The molecule has 0 bridgehead atoms. The molecule has 0 amide bonds. The summed E-state index contributed by atoms with van der Waals surface area (Å²) >= 11 is 0. The molecule has 100 valence electrons. The van der Waals surface area contributed by atoms with Gasteiger partial charge < -0.3 is 5.32 Å². The number of fused-ring (bicyclic) bond motifs is 3. The number of hydrogen-bond acceptors (Lipinski definition) is 3. The van der Waals surface area contributed by atoms with Crippen molar-refractivity contribution in [1.29, 1.82) is 0 Å². The number of rotatable bonds is 1. The normalized spacial score (nSPS) is 17.8. The van der Waals surface area contributed by atoms with E-state index < -0.39 is 0 Å². The second kappa shape index (κ2) is 4.30. The first-order valence-corrected chi connectivity index (χ1v) is 6.64. The van der Waals surface area contributed by atoms with E-state index in [2.05, 4.69) is 15.4 Å². The highest BCUT2D eigenvalue weighted by molar-refractivity contribution is 5.90. The summed E-state index contributed by atoms with van der Waals surface area (Å²) in [4.78, 5) is 4.06. The Kier molecular flexibility index (Phi) is 2.45. The van der Waals surface area contributed by atoms with Crippen LogP contribution in [0.25, 0.3) is 10.9 Å². The lowest BCUT2D eigenvalue weighted by molar-refractivity contribution is 0.485. The van der Waals surface area contributed by atoms with Crippen LogP contribution in [0.4, 0.5) is 10.2 Å². The predicted octanol–water partition coefficient (Wildman–Crippen LogP) is 2.98. The zero-order valence-corrected chi connectivity index (χ0v) is 10.8. The molecule has 1 aromatic carbocycles. The third kappa shape index (κ3) is 1.66. The topological polar surface area (TPSA) is 42.7 Å². The molecule has 0 saturated carbocycles. The van der Waals surface area contributed by atoms with Crippen molar-refractivity contribution in [3.63, 3.8) is 0 Å². The summed E-state index contributed by atoms with van der Waals surface area (Å²) < 4.78 is 15.3. The van der Waals surface area contributed by atoms with E-state index in [1.165, 1.54) is 17.7 Å². The van der Waals surface area contributed by atoms with Crippen molar-refractivity contribution in [2.75, 3.05) is 11.9 Å². The molecule has 2 aromatic heterocycles. The molecule has 0 aliphatic carbocycles. The largest absolute Gasteiger partial charge is 0.370 e. The first kappa shape index (κ1) is 11.4. The molecule has 1 aliphatic heterocycles. The Labute approximate surface area is 115 Å². The smallest absolute Gasteiger partial charge is 0.132 e. The van der Waals surface area contributed by atoms with Crippen LogP contribution in [0.5, 0.6) is 0 Å². The summed E-state index contributed by atoms with van der Waals surface area (Å²) in [7, 11) is 0. The van der Waals surface area contributed by atoms with Gasteiger partial charge in [0.25, 0.3) is 0 Å². The Morgan fingerprint density at radius 2 is 2.05 bits per heavy atom. The highest BCUT2D eigenvalue weighted by Gasteiger charge is 2.24. The van der Waals surface area contributed by atoms with Crippen LogP contribution in [0.1, 0.15) is 18.0 Å². The van der Waals surface area contributed by atoms with Gasteiger partial charge >= 0.3 is 0 Å². The molecule has 0 spiro atoms. The van der Waals surface area contributed by atoms with Gasteiger partial charge in [0.15, 0.2) is 0 Å². The van der Waals surface area contributed by atoms with E-state index in [1.807, 2.05) is 16.8 Å². The Morgan fingerprint density at radius 3 is 2.90 bits per heavy atom. The lowest BCUT2D eigenvalue weighted by Gasteiger charge is -2.26. The molecule has 0 saturated heterocycles. The maximum atomic E-state index is 13.3. The third-order valence-electron chi connectivity index (χ3n) is 3.76. The molecule has 0 fully saturated rings. The van der Waals surface area contributed by atoms with Gasteiger partial charge in [-0.1, -0.05) is 0 Å². The molecule has 20 heavy (non-hydrogen) atoms. The number of hydrogen-bond donors (Lipinski definition) is 1. The van der Waals surface area contributed by atoms with Crippen LogP contribution < -0.4 is 5.32 Å². The first-order chi connectivity index (χ1) is 9.83. The van der Waals surface area contributed by atoms with Crippen LogP contribution in [-0.4, -0.2) is 21.3 Å². The number of halogens is 1. The predicted molar refractivity (Wildman–Crippen MR) is 75.2 cm³/mol. The van der Waals surface area contributed by atoms with E-state index in [4.69, 9.17) is 0 Å². The van der Waals surface area contributed by atoms with E-state index in [-0.39, 0.29) is 11.9 Å². The molecular weight excluding hydrogens is 255 g/mol. The molecule has 1 unspecified atom stereocenters. The van der Waals surface area contributed by atoms with Gasteiger partial charge in [0.05, 0.1) is 11.6 Å². The van der Waals surface area contributed by atoms with Crippen molar-refractivity contribution >= 4 is 16.7 Å². The van der Waals surface area contributed by atoms with Crippen molar-refractivity contribution in [2.45, 2.75) is 12.5 Å². The van der Waals surface area contributed by atoms with Gasteiger partial charge in [0.1, 0.15) is 11.6 Å². The number of benzene rings is 1. The molecule has 5 heteroatoms. The molecule has 3 heterocycles. The van der Waals surface area contributed by atoms with Gasteiger partial charge in [-0.3, -0.25) is 4.98 Å². The highest BCUT2D eigenvalue weighted by atomic mass is 19.1. The minimum atomic E-state index is -0.256. The van der Waals surface area contributed by atoms with Gasteiger partial charge in [0, 0.05) is 30.4 Å². The Bertz CT molecular complexity index is 766. The molecule has 4 rings (SSSR count). The van der Waals surface area contributed by atoms with Crippen molar-refractivity contribution < 1.29 is 4.39 Å². The van der Waals surface area contributed by atoms with Crippen molar-refractivity contribution in [3.8, 4) is 0 Å². The van der Waals surface area contributed by atoms with Crippen LogP contribution in [-0.2, 0) is 0 Å². The Balaban J connectivity index is 1.91. The molecular formula is C15H13FN4. The van der Waals surface area contributed by atoms with Gasteiger partial charge in [-0.05, 0) is 36.2 Å². The fourth-order valence-corrected chi connectivity index (χ4v) is 2.82. The maximum absolute atomic E-state index is 13.3. The first-order valence-electron chi connectivity index (χ1n) is 6.64. The second-order valence-electron chi connectivity index (χ2n) is 4.97. The van der Waals surface area contributed by atoms with Gasteiger partial charge in [0.2, 0.25) is 0 Å². The number of nitrogens with zero attached hydrogens (tertiary/aromatic N) is 3. The molecule has 0 radical (unpaired) electrons. The zero-order valence-electron chi connectivity index (χ0n) is 10.8. The van der Waals surface area contributed by atoms with Crippen LogP contribution in [0, 0.1) is 5.82 Å². The summed E-state index contributed by atoms with van der Waals surface area (Å²) in [5, 5.41) is 8.90. The van der Waals surface area contributed by atoms with Gasteiger partial charge in [-0.2, -0.15) is 5.10 Å². The molecule has 4 nitrogen and oxygen atoms in total. The number of anilines is 1. The third-order valence-corrected chi connectivity index (χ3v) is 3.76. The summed E-state index contributed by atoms with van der Waals surface area (Å²) in [6.45, 7) is 0.880. The quantitative estimate of drug-likeness (QED) is 0.737. The number of pyridine rings is 1. The number of aromatic nitrogens is 3. The lowest BCUT2D eigenvalue weighted by Crippen LogP contribution is -2.24. The molecule has 3 aromatic rings. The van der Waals surface area contributed by atoms with Crippen molar-refractivity contribution in [1.82, 2.24) is 14.8 Å². The summed E-state index contributed by atoms with van der Waals surface area (Å²) in [5.74, 6) is 0.710. The van der Waals surface area contributed by atoms with E-state index in [0.29, 0.717) is 5.52 Å². The van der Waals surface area contributed by atoms with Crippen LogP contribution >= 0.6 is 0 Å². The van der Waals surface area contributed by atoms with Gasteiger partial charge in [-0.25, -0.2) is 9.07 Å². The van der Waals surface area contributed by atoms with E-state index in [0.717, 1.165) is 24.2 Å². The average molecular weight is 268 g/mol. The summed E-state index contributed by atoms with van der Waals surface area (Å²) in [6, 6.07) is 8.92. The minimum absolute atomic E-state index is 0.171. The van der Waals surface area contributed by atoms with Crippen LogP contribution in [0.15, 0.2) is 42.7 Å². The van der Waals surface area contributed by atoms with Crippen molar-refractivity contribution in [3.05, 3.63) is 54.1 Å². The minimum Gasteiger partial charge on any atom is -0.370 e. The Morgan fingerprint density at radius 1 is 1.20 bits per heavy atom. The zero-order chi connectivity index (χ0) is 13.5. The highest BCUT2D eigenvalue weighted by Crippen LogP contribution is 2.34. The number of nitrogens with one attached hydrogen (secondary N) is 1. The van der Waals surface area contributed by atoms with E-state index >= 15 is 0 Å². The van der Waals surface area contributed by atoms with Crippen LogP contribution in [0.2, 0.25) is 0 Å². The monoisotopic (exact) mass is 268 g/mol. The molecule has 1 aliphatic rings. The second-order valence-corrected chi connectivity index (χ2v) is 4.97. The SMILES string of the molecule is Fc1ccc2c3n(nc2c1)C(c1ccncc1)CCN3. The average Bonchev–Trinajstić information content (AvgIpc) is 2.85. The lowest BCUT2D eigenvalue weighted by atomic mass is 10.0. The maximum Gasteiger partial charge on any atom is 0.132 e. The van der Waals surface area contributed by atoms with Gasteiger partial charge in [-0.15, -0.1) is 0 Å². The van der Waals surface area contributed by atoms with E-state index in [9.17, 15) is 4.39 Å². The van der Waals surface area contributed by atoms with E-state index in [1.54, 1.807) is 18.5 Å². The summed E-state index contributed by atoms with van der Waals surface area (Å²) in [6.07, 6.45) is 4.54. The molecule has 1 N–H and O–H groups in total. The fraction of sp³-hybridized carbons (Fsp3) is 0.200. The Hall–Kier alpha value is -2.43.